The number of carbonyl (C=O) groups is 2. The molecule has 0 saturated carbocycles. The monoisotopic (exact) mass is 361 g/mol. The van der Waals surface area contributed by atoms with Gasteiger partial charge in [-0.3, -0.25) is 0 Å². The highest BCUT2D eigenvalue weighted by molar-refractivity contribution is 5.89. The number of carbonyl (C=O) groups excluding carboxylic acids is 1. The molecule has 1 aliphatic heterocycles. The first-order valence-corrected chi connectivity index (χ1v) is 9.24. The molecule has 0 unspecified atom stereocenters. The van der Waals surface area contributed by atoms with Gasteiger partial charge >= 0.3 is 12.1 Å². The van der Waals surface area contributed by atoms with Gasteiger partial charge in [0.15, 0.2) is 0 Å². The van der Waals surface area contributed by atoms with E-state index in [1.165, 1.54) is 0 Å². The average molecular weight is 361 g/mol. The molecule has 1 fully saturated rings. The third kappa shape index (κ3) is 4.99. The second-order valence-electron chi connectivity index (χ2n) is 9.12. The average Bonchev–Trinajstić information content (AvgIpc) is 2.52. The van der Waals surface area contributed by atoms with Gasteiger partial charge in [0.25, 0.3) is 0 Å². The van der Waals surface area contributed by atoms with E-state index in [-0.39, 0.29) is 17.4 Å². The zero-order valence-corrected chi connectivity index (χ0v) is 16.8. The van der Waals surface area contributed by atoms with Gasteiger partial charge in [0.2, 0.25) is 0 Å². The van der Waals surface area contributed by atoms with Crippen molar-refractivity contribution >= 4 is 12.1 Å². The number of likely N-dealkylation sites (tertiary alicyclic amines) is 1. The van der Waals surface area contributed by atoms with Crippen molar-refractivity contribution in [2.24, 2.45) is 0 Å². The standard InChI is InChI=1S/C21H31NO4/c1-20(2,3)15-9-10-16(18(23)24)17(12-15)14-8-7-11-22(13-14)19(25)26-21(4,5)6/h9-10,12,14H,7-8,11,13H2,1-6H3,(H,23,24)/t14-/m0/s1. The van der Waals surface area contributed by atoms with E-state index in [9.17, 15) is 14.7 Å². The predicted molar refractivity (Wildman–Crippen MR) is 102 cm³/mol. The number of carboxylic acid groups (broad SMARTS) is 1. The summed E-state index contributed by atoms with van der Waals surface area (Å²) >= 11 is 0. The number of piperidine rings is 1. The van der Waals surface area contributed by atoms with Crippen LogP contribution in [0, 0.1) is 0 Å². The minimum absolute atomic E-state index is 0.00432. The summed E-state index contributed by atoms with van der Waals surface area (Å²) in [6.07, 6.45) is 1.38. The van der Waals surface area contributed by atoms with Crippen LogP contribution >= 0.6 is 0 Å². The zero-order chi connectivity index (χ0) is 19.7. The number of rotatable bonds is 2. The van der Waals surface area contributed by atoms with E-state index < -0.39 is 11.6 Å². The molecule has 1 saturated heterocycles. The fraction of sp³-hybridized carbons (Fsp3) is 0.619. The molecule has 0 bridgehead atoms. The van der Waals surface area contributed by atoms with Crippen LogP contribution in [0.15, 0.2) is 18.2 Å². The molecule has 0 aromatic heterocycles. The highest BCUT2D eigenvalue weighted by Crippen LogP contribution is 2.33. The Kier molecular flexibility index (Phi) is 5.69. The molecule has 1 atom stereocenters. The largest absolute Gasteiger partial charge is 0.478 e. The first-order chi connectivity index (χ1) is 11.9. The van der Waals surface area contributed by atoms with Gasteiger partial charge in [0, 0.05) is 19.0 Å². The van der Waals surface area contributed by atoms with Gasteiger partial charge in [-0.15, -0.1) is 0 Å². The first kappa shape index (κ1) is 20.3. The van der Waals surface area contributed by atoms with E-state index >= 15 is 0 Å². The molecular weight excluding hydrogens is 330 g/mol. The summed E-state index contributed by atoms with van der Waals surface area (Å²) < 4.78 is 5.49. The summed E-state index contributed by atoms with van der Waals surface area (Å²) in [5, 5.41) is 9.61. The summed E-state index contributed by atoms with van der Waals surface area (Å²) in [6.45, 7) is 13.0. The number of benzene rings is 1. The van der Waals surface area contributed by atoms with Crippen molar-refractivity contribution in [3.05, 3.63) is 34.9 Å². The number of nitrogens with zero attached hydrogens (tertiary/aromatic N) is 1. The molecule has 1 aliphatic rings. The Hall–Kier alpha value is -2.04. The number of hydrogen-bond acceptors (Lipinski definition) is 3. The normalized spacial score (nSPS) is 18.5. The number of amides is 1. The van der Waals surface area contributed by atoms with Crippen LogP contribution < -0.4 is 0 Å². The van der Waals surface area contributed by atoms with Gasteiger partial charge in [-0.05, 0) is 56.2 Å². The maximum atomic E-state index is 12.4. The second-order valence-corrected chi connectivity index (χ2v) is 9.12. The third-order valence-electron chi connectivity index (χ3n) is 4.66. The topological polar surface area (TPSA) is 66.8 Å². The summed E-state index contributed by atoms with van der Waals surface area (Å²) in [6, 6.07) is 5.60. The molecule has 5 heteroatoms. The lowest BCUT2D eigenvalue weighted by Crippen LogP contribution is -2.42. The highest BCUT2D eigenvalue weighted by atomic mass is 16.6. The van der Waals surface area contributed by atoms with Crippen molar-refractivity contribution in [1.82, 2.24) is 4.90 Å². The fourth-order valence-electron chi connectivity index (χ4n) is 3.29. The van der Waals surface area contributed by atoms with Crippen molar-refractivity contribution in [2.75, 3.05) is 13.1 Å². The van der Waals surface area contributed by atoms with Gasteiger partial charge in [-0.2, -0.15) is 0 Å². The van der Waals surface area contributed by atoms with E-state index in [0.717, 1.165) is 24.0 Å². The van der Waals surface area contributed by atoms with Crippen LogP contribution in [0.4, 0.5) is 4.79 Å². The van der Waals surface area contributed by atoms with E-state index in [4.69, 9.17) is 4.74 Å². The van der Waals surface area contributed by atoms with E-state index in [1.54, 1.807) is 11.0 Å². The summed E-state index contributed by atoms with van der Waals surface area (Å²) in [4.78, 5) is 25.8. The molecule has 1 aromatic carbocycles. The van der Waals surface area contributed by atoms with Crippen molar-refractivity contribution < 1.29 is 19.4 Å². The van der Waals surface area contributed by atoms with Crippen molar-refractivity contribution in [3.63, 3.8) is 0 Å². The molecule has 0 spiro atoms. The Bertz CT molecular complexity index is 682. The van der Waals surface area contributed by atoms with E-state index in [1.807, 2.05) is 32.9 Å². The van der Waals surface area contributed by atoms with Crippen LogP contribution in [0.25, 0.3) is 0 Å². The molecular formula is C21H31NO4. The molecule has 0 radical (unpaired) electrons. The number of aromatic carboxylic acids is 1. The Morgan fingerprint density at radius 3 is 2.35 bits per heavy atom. The third-order valence-corrected chi connectivity index (χ3v) is 4.66. The lowest BCUT2D eigenvalue weighted by atomic mass is 9.81. The second kappa shape index (κ2) is 7.29. The zero-order valence-electron chi connectivity index (χ0n) is 16.8. The van der Waals surface area contributed by atoms with Gasteiger partial charge in [-0.1, -0.05) is 32.9 Å². The molecule has 0 aliphatic carbocycles. The molecule has 1 heterocycles. The predicted octanol–water partition coefficient (Wildman–Crippen LogP) is 4.80. The van der Waals surface area contributed by atoms with Crippen molar-refractivity contribution in [3.8, 4) is 0 Å². The van der Waals surface area contributed by atoms with Gasteiger partial charge in [0.05, 0.1) is 5.56 Å². The minimum atomic E-state index is -0.921. The van der Waals surface area contributed by atoms with E-state index in [2.05, 4.69) is 20.8 Å². The quantitative estimate of drug-likeness (QED) is 0.822. The van der Waals surface area contributed by atoms with Crippen molar-refractivity contribution in [1.29, 1.82) is 0 Å². The molecule has 5 nitrogen and oxygen atoms in total. The summed E-state index contributed by atoms with van der Waals surface area (Å²) in [7, 11) is 0. The van der Waals surface area contributed by atoms with Gasteiger partial charge < -0.3 is 14.7 Å². The van der Waals surface area contributed by atoms with Crippen LogP contribution in [0.3, 0.4) is 0 Å². The summed E-state index contributed by atoms with van der Waals surface area (Å²) in [5.41, 5.74) is 1.65. The molecule has 1 N–H and O–H groups in total. The van der Waals surface area contributed by atoms with Crippen LogP contribution in [0.5, 0.6) is 0 Å². The molecule has 26 heavy (non-hydrogen) atoms. The highest BCUT2D eigenvalue weighted by Gasteiger charge is 2.31. The maximum Gasteiger partial charge on any atom is 0.410 e. The Morgan fingerprint density at radius 2 is 1.81 bits per heavy atom. The van der Waals surface area contributed by atoms with Crippen LogP contribution in [-0.2, 0) is 10.2 Å². The Morgan fingerprint density at radius 1 is 1.15 bits per heavy atom. The van der Waals surface area contributed by atoms with E-state index in [0.29, 0.717) is 18.7 Å². The van der Waals surface area contributed by atoms with Crippen LogP contribution in [0.1, 0.15) is 81.8 Å². The fourth-order valence-corrected chi connectivity index (χ4v) is 3.29. The Labute approximate surface area is 156 Å². The van der Waals surface area contributed by atoms with Gasteiger partial charge in [0.1, 0.15) is 5.60 Å². The Balaban J connectivity index is 2.31. The van der Waals surface area contributed by atoms with Gasteiger partial charge in [-0.25, -0.2) is 9.59 Å². The molecule has 1 amide bonds. The lowest BCUT2D eigenvalue weighted by molar-refractivity contribution is 0.0198. The SMILES string of the molecule is CC(C)(C)OC(=O)N1CCC[C@H](c2cc(C(C)(C)C)ccc2C(=O)O)C1. The molecule has 1 aromatic rings. The van der Waals surface area contributed by atoms with Crippen molar-refractivity contribution in [2.45, 2.75) is 71.3 Å². The minimum Gasteiger partial charge on any atom is -0.478 e. The first-order valence-electron chi connectivity index (χ1n) is 9.24. The smallest absolute Gasteiger partial charge is 0.410 e. The number of carboxylic acids is 1. The molecule has 2 rings (SSSR count). The number of hydrogen-bond donors (Lipinski definition) is 1. The molecule has 144 valence electrons. The van der Waals surface area contributed by atoms with Crippen LogP contribution in [0.2, 0.25) is 0 Å². The van der Waals surface area contributed by atoms with Crippen LogP contribution in [-0.4, -0.2) is 40.8 Å². The summed E-state index contributed by atoms with van der Waals surface area (Å²) in [5.74, 6) is -0.917. The lowest BCUT2D eigenvalue weighted by Gasteiger charge is -2.35. The maximum absolute atomic E-state index is 12.4. The number of ether oxygens (including phenoxy) is 1.